The Labute approximate surface area is 193 Å². The molecule has 1 heterocycles. The van der Waals surface area contributed by atoms with Crippen LogP contribution in [0.25, 0.3) is 10.8 Å². The highest BCUT2D eigenvalue weighted by atomic mass is 16.3. The van der Waals surface area contributed by atoms with Gasteiger partial charge in [0.25, 0.3) is 5.91 Å². The maximum Gasteiger partial charge on any atom is 0.253 e. The second-order valence-electron chi connectivity index (χ2n) is 7.94. The number of carbonyl (C=O) groups excluding carboxylic acids is 2. The number of furan rings is 1. The number of carbonyl (C=O) groups is 2. The zero-order valence-electron chi connectivity index (χ0n) is 18.7. The lowest BCUT2D eigenvalue weighted by molar-refractivity contribution is -0.117. The molecule has 0 saturated heterocycles. The minimum absolute atomic E-state index is 0.00112. The highest BCUT2D eigenvalue weighted by molar-refractivity contribution is 6.05. The summed E-state index contributed by atoms with van der Waals surface area (Å²) in [6.07, 6.45) is 1.56. The first kappa shape index (κ1) is 22.3. The van der Waals surface area contributed by atoms with Gasteiger partial charge in [0.05, 0.1) is 30.6 Å². The van der Waals surface area contributed by atoms with Crippen molar-refractivity contribution in [2.45, 2.75) is 19.5 Å². The molecule has 168 valence electrons. The molecule has 6 nitrogen and oxygen atoms in total. The zero-order chi connectivity index (χ0) is 23.2. The van der Waals surface area contributed by atoms with Crippen molar-refractivity contribution in [1.29, 1.82) is 0 Å². The third-order valence-electron chi connectivity index (χ3n) is 5.72. The van der Waals surface area contributed by atoms with Gasteiger partial charge in [-0.3, -0.25) is 9.59 Å². The van der Waals surface area contributed by atoms with Crippen LogP contribution in [0, 0.1) is 0 Å². The smallest absolute Gasteiger partial charge is 0.253 e. The van der Waals surface area contributed by atoms with E-state index in [0.717, 1.165) is 5.56 Å². The first-order valence-electron chi connectivity index (χ1n) is 10.9. The van der Waals surface area contributed by atoms with Crippen molar-refractivity contribution >= 4 is 28.3 Å². The molecule has 0 radical (unpaired) electrons. The van der Waals surface area contributed by atoms with Crippen molar-refractivity contribution in [2.75, 3.05) is 18.5 Å². The number of hydrogen-bond donors (Lipinski definition) is 2. The summed E-state index contributed by atoms with van der Waals surface area (Å²) in [5, 5.41) is 8.49. The van der Waals surface area contributed by atoms with E-state index in [4.69, 9.17) is 4.42 Å². The fourth-order valence-corrected chi connectivity index (χ4v) is 3.72. The first-order chi connectivity index (χ1) is 16.0. The molecule has 0 aliphatic rings. The highest BCUT2D eigenvalue weighted by Crippen LogP contribution is 2.22. The van der Waals surface area contributed by atoms with E-state index in [2.05, 4.69) is 41.0 Å². The van der Waals surface area contributed by atoms with E-state index < -0.39 is 0 Å². The van der Waals surface area contributed by atoms with E-state index in [1.165, 1.54) is 15.7 Å². The Morgan fingerprint density at radius 3 is 2.48 bits per heavy atom. The normalized spacial score (nSPS) is 11.8. The second-order valence-corrected chi connectivity index (χ2v) is 7.94. The Kier molecular flexibility index (Phi) is 6.86. The van der Waals surface area contributed by atoms with E-state index >= 15 is 0 Å². The summed E-state index contributed by atoms with van der Waals surface area (Å²) < 4.78 is 5.26. The van der Waals surface area contributed by atoms with Crippen LogP contribution < -0.4 is 15.5 Å². The van der Waals surface area contributed by atoms with Gasteiger partial charge in [0.1, 0.15) is 5.76 Å². The van der Waals surface area contributed by atoms with Crippen LogP contribution in [0.4, 0.5) is 5.69 Å². The van der Waals surface area contributed by atoms with Crippen molar-refractivity contribution in [3.63, 3.8) is 0 Å². The Bertz CT molecular complexity index is 1250. The third kappa shape index (κ3) is 5.30. The quantitative estimate of drug-likeness (QED) is 0.417. The van der Waals surface area contributed by atoms with Gasteiger partial charge in [-0.15, -0.1) is 0 Å². The lowest BCUT2D eigenvalue weighted by Crippen LogP contribution is -2.37. The van der Waals surface area contributed by atoms with E-state index in [1.807, 2.05) is 25.1 Å². The van der Waals surface area contributed by atoms with Gasteiger partial charge in [0, 0.05) is 13.1 Å². The van der Waals surface area contributed by atoms with Crippen LogP contribution in [0.15, 0.2) is 89.5 Å². The van der Waals surface area contributed by atoms with Gasteiger partial charge in [-0.1, -0.05) is 48.5 Å². The molecule has 2 N–H and O–H groups in total. The van der Waals surface area contributed by atoms with Crippen LogP contribution in [0.1, 0.15) is 34.6 Å². The van der Waals surface area contributed by atoms with Gasteiger partial charge in [0.15, 0.2) is 0 Å². The lowest BCUT2D eigenvalue weighted by atomic mass is 10.0. The molecule has 0 spiro atoms. The topological polar surface area (TPSA) is 74.6 Å². The molecule has 4 aromatic rings. The number of fused-ring (bicyclic) bond motifs is 1. The number of amides is 2. The SMILES string of the molecule is C[C@@H](NCC(=O)N(C)c1ccccc1C(=O)NCc1ccco1)c1ccc2ccccc2c1. The van der Waals surface area contributed by atoms with E-state index in [9.17, 15) is 9.59 Å². The highest BCUT2D eigenvalue weighted by Gasteiger charge is 2.19. The zero-order valence-corrected chi connectivity index (χ0v) is 18.7. The van der Waals surface area contributed by atoms with Crippen LogP contribution in [0.5, 0.6) is 0 Å². The summed E-state index contributed by atoms with van der Waals surface area (Å²) in [6.45, 7) is 2.46. The molecular formula is C27H27N3O3. The molecule has 0 aliphatic heterocycles. The third-order valence-corrected chi connectivity index (χ3v) is 5.72. The molecule has 2 amide bonds. The fraction of sp³-hybridized carbons (Fsp3) is 0.185. The minimum Gasteiger partial charge on any atom is -0.467 e. The number of benzene rings is 3. The van der Waals surface area contributed by atoms with Gasteiger partial charge in [-0.2, -0.15) is 0 Å². The molecule has 1 atom stereocenters. The van der Waals surface area contributed by atoms with Gasteiger partial charge in [-0.05, 0) is 53.6 Å². The molecule has 0 bridgehead atoms. The summed E-state index contributed by atoms with van der Waals surface area (Å²) in [6, 6.07) is 25.2. The average Bonchev–Trinajstić information content (AvgIpc) is 3.38. The predicted molar refractivity (Wildman–Crippen MR) is 130 cm³/mol. The van der Waals surface area contributed by atoms with Crippen LogP contribution in [-0.4, -0.2) is 25.4 Å². The number of rotatable bonds is 8. The Morgan fingerprint density at radius 1 is 0.939 bits per heavy atom. The van der Waals surface area contributed by atoms with Crippen molar-refractivity contribution in [3.8, 4) is 0 Å². The standard InChI is InChI=1S/C27H27N3O3/c1-19(21-14-13-20-8-3-4-9-22(20)16-21)28-18-26(31)30(2)25-12-6-5-11-24(25)27(32)29-17-23-10-7-15-33-23/h3-16,19,28H,17-18H2,1-2H3,(H,29,32)/t19-/m1/s1. The summed E-state index contributed by atoms with van der Waals surface area (Å²) >= 11 is 0. The monoisotopic (exact) mass is 441 g/mol. The number of nitrogens with one attached hydrogen (secondary N) is 2. The fourth-order valence-electron chi connectivity index (χ4n) is 3.72. The Morgan fingerprint density at radius 2 is 1.70 bits per heavy atom. The summed E-state index contributed by atoms with van der Waals surface area (Å²) in [4.78, 5) is 27.2. The molecule has 0 fully saturated rings. The van der Waals surface area contributed by atoms with Gasteiger partial charge in [0.2, 0.25) is 5.91 Å². The Hall–Kier alpha value is -3.90. The van der Waals surface area contributed by atoms with E-state index in [0.29, 0.717) is 17.0 Å². The van der Waals surface area contributed by atoms with Crippen molar-refractivity contribution in [2.24, 2.45) is 0 Å². The first-order valence-corrected chi connectivity index (χ1v) is 10.9. The van der Waals surface area contributed by atoms with Crippen molar-refractivity contribution < 1.29 is 14.0 Å². The van der Waals surface area contributed by atoms with E-state index in [-0.39, 0.29) is 30.9 Å². The number of nitrogens with zero attached hydrogens (tertiary/aromatic N) is 1. The molecule has 3 aromatic carbocycles. The molecular weight excluding hydrogens is 414 g/mol. The average molecular weight is 442 g/mol. The van der Waals surface area contributed by atoms with Crippen molar-refractivity contribution in [3.05, 3.63) is 102 Å². The maximum absolute atomic E-state index is 12.9. The van der Waals surface area contributed by atoms with E-state index in [1.54, 1.807) is 43.6 Å². The molecule has 33 heavy (non-hydrogen) atoms. The summed E-state index contributed by atoms with van der Waals surface area (Å²) in [5.74, 6) is 0.269. The van der Waals surface area contributed by atoms with Gasteiger partial charge < -0.3 is 20.0 Å². The summed E-state index contributed by atoms with van der Waals surface area (Å²) in [7, 11) is 1.68. The van der Waals surface area contributed by atoms with Crippen LogP contribution >= 0.6 is 0 Å². The second kappa shape index (κ2) is 10.1. The maximum atomic E-state index is 12.9. The molecule has 0 unspecified atom stereocenters. The molecule has 0 saturated carbocycles. The minimum atomic E-state index is -0.265. The summed E-state index contributed by atoms with van der Waals surface area (Å²) in [5.41, 5.74) is 2.10. The molecule has 1 aromatic heterocycles. The Balaban J connectivity index is 1.39. The van der Waals surface area contributed by atoms with Crippen LogP contribution in [-0.2, 0) is 11.3 Å². The van der Waals surface area contributed by atoms with Crippen molar-refractivity contribution in [1.82, 2.24) is 10.6 Å². The lowest BCUT2D eigenvalue weighted by Gasteiger charge is -2.22. The number of hydrogen-bond acceptors (Lipinski definition) is 4. The predicted octanol–water partition coefficient (Wildman–Crippen LogP) is 4.68. The molecule has 4 rings (SSSR count). The van der Waals surface area contributed by atoms with Crippen LogP contribution in [0.2, 0.25) is 0 Å². The molecule has 0 aliphatic carbocycles. The van der Waals surface area contributed by atoms with Gasteiger partial charge in [-0.25, -0.2) is 0 Å². The van der Waals surface area contributed by atoms with Gasteiger partial charge >= 0.3 is 0 Å². The molecule has 6 heteroatoms. The number of likely N-dealkylation sites (N-methyl/N-ethyl adjacent to an activating group) is 1. The number of anilines is 1. The van der Waals surface area contributed by atoms with Crippen LogP contribution in [0.3, 0.4) is 0 Å². The number of para-hydroxylation sites is 1. The largest absolute Gasteiger partial charge is 0.467 e.